The number of amides is 2. The molecule has 2 rings (SSSR count). The smallest absolute Gasteiger partial charge is 0.242 e. The van der Waals surface area contributed by atoms with Crippen LogP contribution in [0.4, 0.5) is 4.39 Å². The molecule has 0 aliphatic carbocycles. The van der Waals surface area contributed by atoms with Crippen molar-refractivity contribution in [1.82, 2.24) is 10.2 Å². The van der Waals surface area contributed by atoms with E-state index in [-0.39, 0.29) is 29.9 Å². The molecule has 2 aromatic carbocycles. The highest BCUT2D eigenvalue weighted by atomic mass is 32.2. The second kappa shape index (κ2) is 11.7. The quantitative estimate of drug-likeness (QED) is 0.598. The third kappa shape index (κ3) is 7.17. The predicted octanol–water partition coefficient (Wildman–Crippen LogP) is 4.62. The Morgan fingerprint density at radius 2 is 1.67 bits per heavy atom. The van der Waals surface area contributed by atoms with Crippen LogP contribution in [0.2, 0.25) is 0 Å². The molecule has 2 amide bonds. The van der Waals surface area contributed by atoms with Gasteiger partial charge in [-0.1, -0.05) is 48.4 Å². The van der Waals surface area contributed by atoms with Crippen molar-refractivity contribution in [2.75, 3.05) is 12.3 Å². The van der Waals surface area contributed by atoms with E-state index in [1.807, 2.05) is 13.8 Å². The number of aryl methyl sites for hydroxylation is 2. The van der Waals surface area contributed by atoms with Crippen molar-refractivity contribution in [1.29, 1.82) is 0 Å². The maximum atomic E-state index is 13.3. The molecule has 6 heteroatoms. The molecule has 0 aromatic heterocycles. The lowest BCUT2D eigenvalue weighted by Crippen LogP contribution is -2.49. The van der Waals surface area contributed by atoms with Crippen molar-refractivity contribution in [3.05, 3.63) is 70.5 Å². The lowest BCUT2D eigenvalue weighted by molar-refractivity contribution is -0.139. The Morgan fingerprint density at radius 1 is 1.03 bits per heavy atom. The first-order valence-corrected chi connectivity index (χ1v) is 11.5. The van der Waals surface area contributed by atoms with E-state index in [0.29, 0.717) is 13.0 Å². The van der Waals surface area contributed by atoms with Gasteiger partial charge in [-0.2, -0.15) is 0 Å². The first-order chi connectivity index (χ1) is 14.3. The highest BCUT2D eigenvalue weighted by molar-refractivity contribution is 7.99. The summed E-state index contributed by atoms with van der Waals surface area (Å²) in [7, 11) is 0. The average Bonchev–Trinajstić information content (AvgIpc) is 2.68. The second-order valence-corrected chi connectivity index (χ2v) is 8.44. The average molecular weight is 431 g/mol. The molecule has 0 spiro atoms. The van der Waals surface area contributed by atoms with Gasteiger partial charge in [0.05, 0.1) is 5.75 Å². The fourth-order valence-electron chi connectivity index (χ4n) is 3.49. The number of benzene rings is 2. The first kappa shape index (κ1) is 23.9. The largest absolute Gasteiger partial charge is 0.355 e. The minimum absolute atomic E-state index is 0.0909. The van der Waals surface area contributed by atoms with E-state index in [9.17, 15) is 14.0 Å². The predicted molar refractivity (Wildman–Crippen MR) is 122 cm³/mol. The molecule has 0 saturated carbocycles. The maximum Gasteiger partial charge on any atom is 0.242 e. The molecule has 0 heterocycles. The summed E-state index contributed by atoms with van der Waals surface area (Å²) in [5, 5.41) is 2.82. The van der Waals surface area contributed by atoms with Crippen LogP contribution in [0.5, 0.6) is 0 Å². The molecule has 0 saturated heterocycles. The number of carbonyl (C=O) groups is 2. The summed E-state index contributed by atoms with van der Waals surface area (Å²) in [4.78, 5) is 27.3. The van der Waals surface area contributed by atoms with Crippen molar-refractivity contribution in [2.24, 2.45) is 0 Å². The van der Waals surface area contributed by atoms with Crippen LogP contribution >= 0.6 is 11.8 Å². The van der Waals surface area contributed by atoms with Crippen LogP contribution in [0, 0.1) is 19.7 Å². The molecule has 2 aromatic rings. The summed E-state index contributed by atoms with van der Waals surface area (Å²) in [5.74, 6) is 0.443. The molecule has 1 N–H and O–H groups in total. The fraction of sp³-hybridized carbons (Fsp3) is 0.417. The first-order valence-electron chi connectivity index (χ1n) is 10.3. The third-order valence-corrected chi connectivity index (χ3v) is 5.77. The van der Waals surface area contributed by atoms with Gasteiger partial charge >= 0.3 is 0 Å². The van der Waals surface area contributed by atoms with E-state index in [2.05, 4.69) is 37.4 Å². The van der Waals surface area contributed by atoms with Crippen molar-refractivity contribution in [3.8, 4) is 0 Å². The van der Waals surface area contributed by atoms with E-state index >= 15 is 0 Å². The van der Waals surface area contributed by atoms with Gasteiger partial charge in [0.1, 0.15) is 11.9 Å². The standard InChI is InChI=1S/C24H31FN2O2S/c1-5-22(24(29)26-6-2)27(14-19-7-9-21(25)10-8-19)23(28)16-30-15-20-12-17(3)11-18(4)13-20/h7-13,22H,5-6,14-16H2,1-4H3,(H,26,29)/t22-/m1/s1. The van der Waals surface area contributed by atoms with Gasteiger partial charge in [-0.05, 0) is 50.5 Å². The summed E-state index contributed by atoms with van der Waals surface area (Å²) in [6, 6.07) is 11.9. The van der Waals surface area contributed by atoms with Crippen LogP contribution in [0.3, 0.4) is 0 Å². The topological polar surface area (TPSA) is 49.4 Å². The molecule has 0 fully saturated rings. The summed E-state index contributed by atoms with van der Waals surface area (Å²) in [5.41, 5.74) is 4.40. The highest BCUT2D eigenvalue weighted by Gasteiger charge is 2.28. The van der Waals surface area contributed by atoms with Gasteiger partial charge in [-0.15, -0.1) is 11.8 Å². The van der Waals surface area contributed by atoms with Crippen LogP contribution in [0.15, 0.2) is 42.5 Å². The molecule has 0 aliphatic rings. The molecular weight excluding hydrogens is 399 g/mol. The van der Waals surface area contributed by atoms with Gasteiger partial charge in [-0.25, -0.2) is 4.39 Å². The molecule has 30 heavy (non-hydrogen) atoms. The van der Waals surface area contributed by atoms with Crippen molar-refractivity contribution >= 4 is 23.6 Å². The summed E-state index contributed by atoms with van der Waals surface area (Å²) >= 11 is 1.54. The normalized spacial score (nSPS) is 11.8. The minimum atomic E-state index is -0.552. The Bertz CT molecular complexity index is 835. The Labute approximate surface area is 183 Å². The van der Waals surface area contributed by atoms with Crippen LogP contribution in [-0.4, -0.2) is 35.1 Å². The van der Waals surface area contributed by atoms with Gasteiger partial charge in [0.2, 0.25) is 11.8 Å². The lowest BCUT2D eigenvalue weighted by atomic mass is 10.1. The number of nitrogens with one attached hydrogen (secondary N) is 1. The number of halogens is 1. The Kier molecular flexibility index (Phi) is 9.37. The second-order valence-electron chi connectivity index (χ2n) is 7.46. The van der Waals surface area contributed by atoms with Crippen LogP contribution in [0.1, 0.15) is 42.5 Å². The van der Waals surface area contributed by atoms with Gasteiger partial charge in [-0.3, -0.25) is 9.59 Å². The number of thioether (sulfide) groups is 1. The van der Waals surface area contributed by atoms with Crippen molar-refractivity contribution in [2.45, 2.75) is 52.5 Å². The van der Waals surface area contributed by atoms with E-state index in [0.717, 1.165) is 11.3 Å². The molecule has 0 unspecified atom stereocenters. The Hall–Kier alpha value is -2.34. The third-order valence-electron chi connectivity index (χ3n) is 4.78. The summed E-state index contributed by atoms with van der Waals surface area (Å²) < 4.78 is 13.3. The zero-order chi connectivity index (χ0) is 22.1. The van der Waals surface area contributed by atoms with Crippen molar-refractivity contribution < 1.29 is 14.0 Å². The van der Waals surface area contributed by atoms with E-state index in [1.165, 1.54) is 28.8 Å². The van der Waals surface area contributed by atoms with E-state index < -0.39 is 6.04 Å². The summed E-state index contributed by atoms with van der Waals surface area (Å²) in [6.07, 6.45) is 0.514. The SMILES string of the molecule is CCNC(=O)[C@@H](CC)N(Cc1ccc(F)cc1)C(=O)CSCc1cc(C)cc(C)c1. The zero-order valence-corrected chi connectivity index (χ0v) is 19.0. The molecule has 0 bridgehead atoms. The molecule has 1 atom stereocenters. The van der Waals surface area contributed by atoms with Crippen molar-refractivity contribution in [3.63, 3.8) is 0 Å². The molecule has 0 aliphatic heterocycles. The number of carbonyl (C=O) groups excluding carboxylic acids is 2. The molecule has 162 valence electrons. The van der Waals surface area contributed by atoms with Crippen LogP contribution in [-0.2, 0) is 21.9 Å². The Morgan fingerprint density at radius 3 is 2.23 bits per heavy atom. The van der Waals surface area contributed by atoms with Gasteiger partial charge < -0.3 is 10.2 Å². The van der Waals surface area contributed by atoms with Gasteiger partial charge in [0, 0.05) is 18.8 Å². The molecular formula is C24H31FN2O2S. The number of likely N-dealkylation sites (N-methyl/N-ethyl adjacent to an activating group) is 1. The van der Waals surface area contributed by atoms with E-state index in [4.69, 9.17) is 0 Å². The fourth-order valence-corrected chi connectivity index (χ4v) is 4.33. The maximum absolute atomic E-state index is 13.3. The number of hydrogen-bond acceptors (Lipinski definition) is 3. The van der Waals surface area contributed by atoms with Crippen LogP contribution < -0.4 is 5.32 Å². The van der Waals surface area contributed by atoms with Gasteiger partial charge in [0.15, 0.2) is 0 Å². The lowest BCUT2D eigenvalue weighted by Gasteiger charge is -2.30. The zero-order valence-electron chi connectivity index (χ0n) is 18.2. The van der Waals surface area contributed by atoms with Crippen LogP contribution in [0.25, 0.3) is 0 Å². The molecule has 4 nitrogen and oxygen atoms in total. The monoisotopic (exact) mass is 430 g/mol. The number of nitrogens with zero attached hydrogens (tertiary/aromatic N) is 1. The van der Waals surface area contributed by atoms with Gasteiger partial charge in [0.25, 0.3) is 0 Å². The highest BCUT2D eigenvalue weighted by Crippen LogP contribution is 2.19. The minimum Gasteiger partial charge on any atom is -0.355 e. The number of rotatable bonds is 10. The Balaban J connectivity index is 2.11. The molecule has 0 radical (unpaired) electrons. The number of hydrogen-bond donors (Lipinski definition) is 1. The van der Waals surface area contributed by atoms with E-state index in [1.54, 1.807) is 28.8 Å². The summed E-state index contributed by atoms with van der Waals surface area (Å²) in [6.45, 7) is 8.67.